The first-order valence-electron chi connectivity index (χ1n) is 17.9. The van der Waals surface area contributed by atoms with Gasteiger partial charge >= 0.3 is 6.01 Å². The quantitative estimate of drug-likeness (QED) is 0.313. The Morgan fingerprint density at radius 3 is 2.68 bits per heavy atom. The fraction of sp³-hybridized carbons (Fsp3) is 0.595. The van der Waals surface area contributed by atoms with Crippen LogP contribution in [0.25, 0.3) is 11.4 Å². The van der Waals surface area contributed by atoms with Gasteiger partial charge in [0.25, 0.3) is 0 Å². The molecule has 4 aliphatic rings. The predicted octanol–water partition coefficient (Wildman–Crippen LogP) is 5.10. The summed E-state index contributed by atoms with van der Waals surface area (Å²) in [5.41, 5.74) is 10.0. The van der Waals surface area contributed by atoms with Gasteiger partial charge in [-0.1, -0.05) is 11.2 Å². The van der Waals surface area contributed by atoms with E-state index in [1.807, 2.05) is 11.0 Å². The van der Waals surface area contributed by atoms with Crippen molar-refractivity contribution < 1.29 is 18.8 Å². The van der Waals surface area contributed by atoms with Gasteiger partial charge in [0.15, 0.2) is 5.76 Å². The van der Waals surface area contributed by atoms with Crippen LogP contribution < -0.4 is 15.4 Å². The Hall–Kier alpha value is -3.99. The number of piperazine rings is 1. The third-order valence-corrected chi connectivity index (χ3v) is 12.3. The van der Waals surface area contributed by atoms with Crippen molar-refractivity contribution in [2.75, 3.05) is 51.0 Å². The molecule has 2 N–H and O–H groups in total. The monoisotopic (exact) mass is 700 g/mol. The molecule has 266 valence electrons. The number of carbonyl (C=O) groups excluding carboxylic acids is 1. The second kappa shape index (κ2) is 14.0. The van der Waals surface area contributed by atoms with Crippen molar-refractivity contribution in [3.63, 3.8) is 0 Å². The van der Waals surface area contributed by atoms with Crippen LogP contribution in [-0.2, 0) is 27.8 Å². The lowest BCUT2D eigenvalue weighted by Gasteiger charge is -2.44. The molecule has 5 heterocycles. The van der Waals surface area contributed by atoms with E-state index in [1.54, 1.807) is 30.6 Å². The zero-order chi connectivity index (χ0) is 35.2. The minimum Gasteiger partial charge on any atom is -0.459 e. The summed E-state index contributed by atoms with van der Waals surface area (Å²) < 4.78 is 18.0. The van der Waals surface area contributed by atoms with Crippen LogP contribution >= 0.6 is 11.3 Å². The van der Waals surface area contributed by atoms with Gasteiger partial charge in [-0.3, -0.25) is 9.69 Å². The molecule has 2 aliphatic heterocycles. The first-order valence-corrected chi connectivity index (χ1v) is 18.8. The van der Waals surface area contributed by atoms with Gasteiger partial charge in [-0.2, -0.15) is 15.2 Å². The summed E-state index contributed by atoms with van der Waals surface area (Å²) in [6.07, 6.45) is 10.9. The van der Waals surface area contributed by atoms with Crippen molar-refractivity contribution in [3.05, 3.63) is 45.5 Å². The van der Waals surface area contributed by atoms with Crippen molar-refractivity contribution >= 4 is 28.1 Å². The molecule has 0 saturated carbocycles. The molecule has 7 rings (SSSR count). The maximum absolute atomic E-state index is 13.1. The van der Waals surface area contributed by atoms with Gasteiger partial charge in [0.2, 0.25) is 5.91 Å². The minimum absolute atomic E-state index is 0.0236. The maximum atomic E-state index is 13.1. The summed E-state index contributed by atoms with van der Waals surface area (Å²) >= 11 is 1.54. The normalized spacial score (nSPS) is 25.9. The number of carbonyl (C=O) groups is 1. The Morgan fingerprint density at radius 2 is 1.98 bits per heavy atom. The van der Waals surface area contributed by atoms with Crippen LogP contribution in [0.1, 0.15) is 86.6 Å². The number of nitrogens with zero attached hydrogens (tertiary/aromatic N) is 7. The number of likely N-dealkylation sites (tertiary alicyclic amines) is 1. The maximum Gasteiger partial charge on any atom is 0.319 e. The number of thiophene rings is 1. The second-order valence-corrected chi connectivity index (χ2v) is 15.6. The van der Waals surface area contributed by atoms with Gasteiger partial charge in [-0.25, -0.2) is 0 Å². The molecular weight excluding hydrogens is 653 g/mol. The molecule has 2 aliphatic carbocycles. The van der Waals surface area contributed by atoms with Crippen LogP contribution in [0.4, 0.5) is 10.8 Å². The van der Waals surface area contributed by atoms with Crippen molar-refractivity contribution in [1.82, 2.24) is 24.9 Å². The first kappa shape index (κ1) is 34.5. The molecule has 3 aromatic rings. The number of hydrogen-bond donors (Lipinski definition) is 1. The lowest BCUT2D eigenvalue weighted by atomic mass is 9.63. The number of fused-ring (bicyclic) bond motifs is 4. The van der Waals surface area contributed by atoms with E-state index in [0.29, 0.717) is 47.7 Å². The van der Waals surface area contributed by atoms with E-state index in [-0.39, 0.29) is 30.1 Å². The summed E-state index contributed by atoms with van der Waals surface area (Å²) in [5.74, 6) is 1.55. The zero-order valence-electron chi connectivity index (χ0n) is 29.8. The largest absolute Gasteiger partial charge is 0.459 e. The highest BCUT2D eigenvalue weighted by molar-refractivity contribution is 7.16. The van der Waals surface area contributed by atoms with Crippen molar-refractivity contribution in [1.29, 1.82) is 5.26 Å². The number of aromatic nitrogens is 3. The number of nitriles is 1. The Morgan fingerprint density at radius 1 is 1.22 bits per heavy atom. The van der Waals surface area contributed by atoms with Gasteiger partial charge in [0.05, 0.1) is 17.6 Å². The summed E-state index contributed by atoms with van der Waals surface area (Å²) in [4.78, 5) is 30.8. The molecule has 5 atom stereocenters. The van der Waals surface area contributed by atoms with E-state index >= 15 is 0 Å². The summed E-state index contributed by atoms with van der Waals surface area (Å²) in [6, 6.07) is 4.88. The lowest BCUT2D eigenvalue weighted by Crippen LogP contribution is -2.58. The van der Waals surface area contributed by atoms with E-state index in [9.17, 15) is 10.1 Å². The van der Waals surface area contributed by atoms with Gasteiger partial charge < -0.3 is 29.5 Å². The van der Waals surface area contributed by atoms with Gasteiger partial charge in [0, 0.05) is 60.9 Å². The lowest BCUT2D eigenvalue weighted by molar-refractivity contribution is -0.130. The standard InChI is InChI=1S/C37H48N8O4S/c1-22-20-44(21-23(2)45(22)31(46)13-9-17-47-5)30-18-27(40-36(41-30)48-24(3)28-11-8-16-43(28)4)33-25-10-6-14-37(34(25)49-42-33)15-7-12-29-32(37)26(19-38)35(39)50-29/h9,13,18,22-24,28H,6-8,10-12,14-17,20-21,39H2,1-5H3/b13-9+/t22-,23-,24-,28-,37-/m0/s1. The van der Waals surface area contributed by atoms with Crippen LogP contribution in [0, 0.1) is 11.3 Å². The number of likely N-dealkylation sites (N-methyl/N-ethyl adjacent to an activating group) is 1. The van der Waals surface area contributed by atoms with E-state index in [1.165, 1.54) is 4.88 Å². The Labute approximate surface area is 298 Å². The number of anilines is 2. The Kier molecular flexibility index (Phi) is 9.62. The molecule has 3 aromatic heterocycles. The fourth-order valence-electron chi connectivity index (χ4n) is 9.04. The molecule has 1 amide bonds. The van der Waals surface area contributed by atoms with Crippen LogP contribution in [0.2, 0.25) is 0 Å². The van der Waals surface area contributed by atoms with Crippen molar-refractivity contribution in [2.24, 2.45) is 0 Å². The molecule has 2 fully saturated rings. The SMILES string of the molecule is COC/C=C/C(=O)N1[C@@H](C)CN(c2cc(-c3noc4c3CCC[C@@]43CCCc4sc(N)c(C#N)c43)nc(O[C@@H](C)[C@@H]3CCCN3C)n2)C[C@@H]1C. The smallest absolute Gasteiger partial charge is 0.319 e. The number of amides is 1. The van der Waals surface area contributed by atoms with Crippen LogP contribution in [0.3, 0.4) is 0 Å². The fourth-order valence-corrected chi connectivity index (χ4v) is 10.2. The Balaban J connectivity index is 1.26. The van der Waals surface area contributed by atoms with Gasteiger partial charge in [0.1, 0.15) is 34.4 Å². The molecule has 0 bridgehead atoms. The summed E-state index contributed by atoms with van der Waals surface area (Å²) in [6.45, 7) is 8.87. The third-order valence-electron chi connectivity index (χ3n) is 11.2. The number of aryl methyl sites for hydroxylation is 1. The molecule has 0 radical (unpaired) electrons. The van der Waals surface area contributed by atoms with E-state index < -0.39 is 5.41 Å². The highest BCUT2D eigenvalue weighted by Crippen LogP contribution is 2.55. The molecule has 13 heteroatoms. The molecule has 2 saturated heterocycles. The number of rotatable bonds is 8. The molecule has 12 nitrogen and oxygen atoms in total. The van der Waals surface area contributed by atoms with Crippen LogP contribution in [0.5, 0.6) is 6.01 Å². The highest BCUT2D eigenvalue weighted by atomic mass is 32.1. The molecule has 0 unspecified atom stereocenters. The van der Waals surface area contributed by atoms with Crippen LogP contribution in [0.15, 0.2) is 22.7 Å². The zero-order valence-corrected chi connectivity index (χ0v) is 30.6. The molecular formula is C37H48N8O4S. The number of nitrogens with two attached hydrogens (primary N) is 1. The van der Waals surface area contributed by atoms with Crippen molar-refractivity contribution in [2.45, 2.75) is 102 Å². The second-order valence-electron chi connectivity index (χ2n) is 14.5. The Bertz CT molecular complexity index is 1800. The summed E-state index contributed by atoms with van der Waals surface area (Å²) in [5, 5.41) is 15.5. The molecule has 1 spiro atoms. The average Bonchev–Trinajstić information content (AvgIpc) is 3.81. The number of hydrogen-bond acceptors (Lipinski definition) is 12. The molecule has 0 aromatic carbocycles. The highest BCUT2D eigenvalue weighted by Gasteiger charge is 2.49. The third kappa shape index (κ3) is 6.05. The minimum atomic E-state index is -0.423. The molecule has 50 heavy (non-hydrogen) atoms. The number of methoxy groups -OCH3 is 1. The van der Waals surface area contributed by atoms with E-state index in [4.69, 9.17) is 34.9 Å². The van der Waals surface area contributed by atoms with E-state index in [2.05, 4.69) is 43.7 Å². The summed E-state index contributed by atoms with van der Waals surface area (Å²) in [7, 11) is 3.75. The number of ether oxygens (including phenoxy) is 2. The topological polar surface area (TPSA) is 147 Å². The number of nitrogen functional groups attached to an aromatic ring is 1. The van der Waals surface area contributed by atoms with Crippen LogP contribution in [-0.4, -0.2) is 95.5 Å². The van der Waals surface area contributed by atoms with E-state index in [0.717, 1.165) is 80.6 Å². The predicted molar refractivity (Wildman–Crippen MR) is 192 cm³/mol. The average molecular weight is 701 g/mol. The van der Waals surface area contributed by atoms with Gasteiger partial charge in [-0.15, -0.1) is 11.3 Å². The van der Waals surface area contributed by atoms with Gasteiger partial charge in [-0.05, 0) is 91.3 Å². The first-order chi connectivity index (χ1) is 24.1. The van der Waals surface area contributed by atoms with Crippen molar-refractivity contribution in [3.8, 4) is 23.5 Å².